The number of carbonyl (C=O) groups excluding carboxylic acids is 2. The zero-order valence-corrected chi connectivity index (χ0v) is 18.9. The van der Waals surface area contributed by atoms with Crippen LogP contribution in [0.1, 0.15) is 44.7 Å². The number of amides is 2. The number of nitrogens with zero attached hydrogens (tertiary/aromatic N) is 1. The summed E-state index contributed by atoms with van der Waals surface area (Å²) in [6.45, 7) is 5.97. The van der Waals surface area contributed by atoms with Crippen molar-refractivity contribution in [3.05, 3.63) is 69.5 Å². The second-order valence-corrected chi connectivity index (χ2v) is 8.13. The second kappa shape index (κ2) is 11.3. The maximum atomic E-state index is 13.3. The largest absolute Gasteiger partial charge is 0.352 e. The van der Waals surface area contributed by atoms with Gasteiger partial charge in [-0.1, -0.05) is 55.2 Å². The topological polar surface area (TPSA) is 49.4 Å². The maximum absolute atomic E-state index is 13.3. The number of nitrogens with one attached hydrogen (secondary N) is 1. The molecule has 2 atom stereocenters. The van der Waals surface area contributed by atoms with E-state index in [0.717, 1.165) is 12.0 Å². The average Bonchev–Trinajstić information content (AvgIpc) is 2.71. The van der Waals surface area contributed by atoms with Crippen molar-refractivity contribution in [3.8, 4) is 0 Å². The van der Waals surface area contributed by atoms with Gasteiger partial charge in [0.2, 0.25) is 11.8 Å². The van der Waals surface area contributed by atoms with Crippen LogP contribution in [0.4, 0.5) is 4.39 Å². The minimum Gasteiger partial charge on any atom is -0.352 e. The number of carbonyl (C=O) groups is 2. The number of benzene rings is 2. The van der Waals surface area contributed by atoms with Gasteiger partial charge >= 0.3 is 0 Å². The molecule has 2 aromatic carbocycles. The second-order valence-electron chi connectivity index (χ2n) is 7.32. The molecule has 0 aromatic heterocycles. The fourth-order valence-corrected chi connectivity index (χ4v) is 3.39. The Morgan fingerprint density at radius 1 is 1.00 bits per heavy atom. The van der Waals surface area contributed by atoms with Crippen LogP contribution >= 0.6 is 23.2 Å². The summed E-state index contributed by atoms with van der Waals surface area (Å²) in [4.78, 5) is 27.7. The van der Waals surface area contributed by atoms with E-state index in [1.807, 2.05) is 20.8 Å². The fourth-order valence-electron chi connectivity index (χ4n) is 3.07. The molecule has 4 nitrogen and oxygen atoms in total. The van der Waals surface area contributed by atoms with E-state index < -0.39 is 6.04 Å². The molecule has 2 rings (SSSR count). The first-order valence-electron chi connectivity index (χ1n) is 10.0. The van der Waals surface area contributed by atoms with E-state index in [2.05, 4.69) is 5.32 Å². The van der Waals surface area contributed by atoms with Crippen LogP contribution in [-0.2, 0) is 22.6 Å². The summed E-state index contributed by atoms with van der Waals surface area (Å²) in [6, 6.07) is 10.3. The van der Waals surface area contributed by atoms with Gasteiger partial charge in [0.25, 0.3) is 0 Å². The Balaban J connectivity index is 2.30. The highest BCUT2D eigenvalue weighted by Gasteiger charge is 2.29. The molecule has 1 N–H and O–H groups in total. The van der Waals surface area contributed by atoms with Crippen LogP contribution < -0.4 is 5.32 Å². The van der Waals surface area contributed by atoms with Crippen LogP contribution in [0.25, 0.3) is 0 Å². The minimum absolute atomic E-state index is 0.00407. The molecule has 0 fully saturated rings. The van der Waals surface area contributed by atoms with Crippen molar-refractivity contribution in [2.24, 2.45) is 0 Å². The van der Waals surface area contributed by atoms with Crippen LogP contribution in [0.5, 0.6) is 0 Å². The molecule has 0 aliphatic carbocycles. The summed E-state index contributed by atoms with van der Waals surface area (Å²) in [7, 11) is 0. The quantitative estimate of drug-likeness (QED) is 0.553. The van der Waals surface area contributed by atoms with Gasteiger partial charge in [0.1, 0.15) is 11.9 Å². The standard InChI is InChI=1S/C23H27Cl2FN2O2/c1-4-15(3)27-23(30)21(5-2)28(14-16-6-9-18(26)10-7-16)22(29)13-17-8-11-19(24)20(25)12-17/h6-12,15,21H,4-5,13-14H2,1-3H3,(H,27,30)/t15-,21-/m1/s1. The molecule has 0 saturated carbocycles. The van der Waals surface area contributed by atoms with E-state index in [1.54, 1.807) is 35.2 Å². The van der Waals surface area contributed by atoms with Crippen molar-refractivity contribution < 1.29 is 14.0 Å². The third kappa shape index (κ3) is 6.71. The zero-order chi connectivity index (χ0) is 22.3. The molecule has 162 valence electrons. The summed E-state index contributed by atoms with van der Waals surface area (Å²) in [5.74, 6) is -0.769. The number of halogens is 3. The van der Waals surface area contributed by atoms with Crippen LogP contribution in [0.2, 0.25) is 10.0 Å². The van der Waals surface area contributed by atoms with Gasteiger partial charge < -0.3 is 10.2 Å². The van der Waals surface area contributed by atoms with Crippen molar-refractivity contribution in [3.63, 3.8) is 0 Å². The van der Waals surface area contributed by atoms with E-state index in [9.17, 15) is 14.0 Å². The van der Waals surface area contributed by atoms with E-state index >= 15 is 0 Å². The SMILES string of the molecule is CC[C@@H](C)NC(=O)[C@@H](CC)N(Cc1ccc(F)cc1)C(=O)Cc1ccc(Cl)c(Cl)c1. The number of hydrogen-bond acceptors (Lipinski definition) is 2. The molecule has 2 aromatic rings. The third-order valence-electron chi connectivity index (χ3n) is 4.99. The average molecular weight is 453 g/mol. The van der Waals surface area contributed by atoms with E-state index in [4.69, 9.17) is 23.2 Å². The number of hydrogen-bond donors (Lipinski definition) is 1. The van der Waals surface area contributed by atoms with Crippen LogP contribution in [0.3, 0.4) is 0 Å². The van der Waals surface area contributed by atoms with Gasteiger partial charge in [0.05, 0.1) is 16.5 Å². The van der Waals surface area contributed by atoms with Crippen LogP contribution in [0, 0.1) is 5.82 Å². The van der Waals surface area contributed by atoms with E-state index in [1.165, 1.54) is 12.1 Å². The van der Waals surface area contributed by atoms with Gasteiger partial charge in [-0.05, 0) is 55.2 Å². The van der Waals surface area contributed by atoms with Gasteiger partial charge in [-0.15, -0.1) is 0 Å². The predicted octanol–water partition coefficient (Wildman–Crippen LogP) is 5.40. The lowest BCUT2D eigenvalue weighted by Gasteiger charge is -2.31. The highest BCUT2D eigenvalue weighted by atomic mass is 35.5. The summed E-state index contributed by atoms with van der Waals surface area (Å²) in [6.07, 6.45) is 1.32. The molecule has 30 heavy (non-hydrogen) atoms. The van der Waals surface area contributed by atoms with Gasteiger partial charge in [-0.25, -0.2) is 4.39 Å². The highest BCUT2D eigenvalue weighted by molar-refractivity contribution is 6.42. The Kier molecular flexibility index (Phi) is 9.12. The molecule has 0 bridgehead atoms. The smallest absolute Gasteiger partial charge is 0.243 e. The molecular weight excluding hydrogens is 426 g/mol. The summed E-state index contributed by atoms with van der Waals surface area (Å²) in [5, 5.41) is 3.74. The van der Waals surface area contributed by atoms with Gasteiger partial charge in [0, 0.05) is 12.6 Å². The minimum atomic E-state index is -0.640. The summed E-state index contributed by atoms with van der Waals surface area (Å²) < 4.78 is 13.3. The van der Waals surface area contributed by atoms with Crippen molar-refractivity contribution >= 4 is 35.0 Å². The van der Waals surface area contributed by atoms with Crippen LogP contribution in [-0.4, -0.2) is 28.8 Å². The number of rotatable bonds is 9. The first kappa shape index (κ1) is 24.2. The fraction of sp³-hybridized carbons (Fsp3) is 0.391. The Labute approximate surface area is 187 Å². The molecule has 7 heteroatoms. The third-order valence-corrected chi connectivity index (χ3v) is 5.73. The molecule has 0 unspecified atom stereocenters. The monoisotopic (exact) mass is 452 g/mol. The van der Waals surface area contributed by atoms with Crippen molar-refractivity contribution in [1.82, 2.24) is 10.2 Å². The lowest BCUT2D eigenvalue weighted by Crippen LogP contribution is -2.51. The van der Waals surface area contributed by atoms with Gasteiger partial charge in [-0.3, -0.25) is 9.59 Å². The van der Waals surface area contributed by atoms with Crippen molar-refractivity contribution in [2.45, 2.75) is 58.7 Å². The Hall–Kier alpha value is -2.11. The molecule has 0 aliphatic rings. The van der Waals surface area contributed by atoms with Gasteiger partial charge in [-0.2, -0.15) is 0 Å². The normalized spacial score (nSPS) is 12.9. The Morgan fingerprint density at radius 2 is 1.63 bits per heavy atom. The molecule has 0 spiro atoms. The van der Waals surface area contributed by atoms with Crippen LogP contribution in [0.15, 0.2) is 42.5 Å². The summed E-state index contributed by atoms with van der Waals surface area (Å²) >= 11 is 12.0. The zero-order valence-electron chi connectivity index (χ0n) is 17.4. The molecule has 0 saturated heterocycles. The highest BCUT2D eigenvalue weighted by Crippen LogP contribution is 2.23. The van der Waals surface area contributed by atoms with E-state index in [0.29, 0.717) is 22.0 Å². The van der Waals surface area contributed by atoms with Gasteiger partial charge in [0.15, 0.2) is 0 Å². The lowest BCUT2D eigenvalue weighted by atomic mass is 10.1. The summed E-state index contributed by atoms with van der Waals surface area (Å²) in [5.41, 5.74) is 1.45. The molecule has 0 aliphatic heterocycles. The lowest BCUT2D eigenvalue weighted by molar-refractivity contribution is -0.141. The van der Waals surface area contributed by atoms with Crippen molar-refractivity contribution in [2.75, 3.05) is 0 Å². The Morgan fingerprint density at radius 3 is 2.20 bits per heavy atom. The molecule has 0 heterocycles. The maximum Gasteiger partial charge on any atom is 0.243 e. The first-order valence-corrected chi connectivity index (χ1v) is 10.8. The predicted molar refractivity (Wildman–Crippen MR) is 119 cm³/mol. The first-order chi connectivity index (χ1) is 14.2. The van der Waals surface area contributed by atoms with Crippen molar-refractivity contribution in [1.29, 1.82) is 0 Å². The molecular formula is C23H27Cl2FN2O2. The Bertz CT molecular complexity index is 874. The van der Waals surface area contributed by atoms with E-state index in [-0.39, 0.29) is 36.6 Å². The molecule has 0 radical (unpaired) electrons. The molecule has 2 amide bonds.